The predicted molar refractivity (Wildman–Crippen MR) is 119 cm³/mol. The molecule has 0 rings (SSSR count). The van der Waals surface area contributed by atoms with Gasteiger partial charge in [-0.15, -0.1) is 0 Å². The molecular weight excluding hydrogens is 332 g/mol. The zero-order valence-corrected chi connectivity index (χ0v) is 19.0. The lowest BCUT2D eigenvalue weighted by Gasteiger charge is -2.17. The summed E-state index contributed by atoms with van der Waals surface area (Å²) in [5, 5.41) is 0. The van der Waals surface area contributed by atoms with E-state index in [-0.39, 0.29) is 5.97 Å². The largest absolute Gasteiger partial charge is 0.465 e. The number of unbranched alkanes of at least 4 members (excludes halogenated alkanes) is 13. The highest BCUT2D eigenvalue weighted by atomic mass is 16.5. The molecule has 27 heavy (non-hydrogen) atoms. The Morgan fingerprint density at radius 1 is 0.593 bits per heavy atom. The number of carbonyl (C=O) groups is 1. The average Bonchev–Trinajstić information content (AvgIpc) is 2.67. The van der Waals surface area contributed by atoms with Crippen molar-refractivity contribution in [2.45, 2.75) is 143 Å². The van der Waals surface area contributed by atoms with E-state index >= 15 is 0 Å². The van der Waals surface area contributed by atoms with Crippen LogP contribution in [-0.4, -0.2) is 12.6 Å². The first-order chi connectivity index (χ1) is 13.2. The Hall–Kier alpha value is -0.530. The van der Waals surface area contributed by atoms with Gasteiger partial charge in [0.2, 0.25) is 0 Å². The zero-order valence-electron chi connectivity index (χ0n) is 19.0. The van der Waals surface area contributed by atoms with Crippen molar-refractivity contribution in [1.29, 1.82) is 0 Å². The van der Waals surface area contributed by atoms with Gasteiger partial charge in [-0.25, -0.2) is 0 Å². The maximum atomic E-state index is 12.0. The van der Waals surface area contributed by atoms with Gasteiger partial charge in [-0.2, -0.15) is 0 Å². The summed E-state index contributed by atoms with van der Waals surface area (Å²) in [7, 11) is 0. The topological polar surface area (TPSA) is 26.3 Å². The molecule has 2 nitrogen and oxygen atoms in total. The van der Waals surface area contributed by atoms with Gasteiger partial charge in [-0.1, -0.05) is 117 Å². The van der Waals surface area contributed by atoms with E-state index in [1.165, 1.54) is 109 Å². The van der Waals surface area contributed by atoms with Crippen LogP contribution in [0.4, 0.5) is 0 Å². The average molecular weight is 383 g/mol. The Labute approximate surface area is 171 Å². The van der Waals surface area contributed by atoms with E-state index in [2.05, 4.69) is 20.8 Å². The number of esters is 1. The Kier molecular flexibility index (Phi) is 21.3. The van der Waals surface area contributed by atoms with E-state index in [0.717, 1.165) is 6.42 Å². The molecule has 0 saturated carbocycles. The quantitative estimate of drug-likeness (QED) is 0.147. The minimum absolute atomic E-state index is 0.0343. The number of carbonyl (C=O) groups excluding carboxylic acids is 1. The summed E-state index contributed by atoms with van der Waals surface area (Å²) in [6, 6.07) is 0. The van der Waals surface area contributed by atoms with Gasteiger partial charge in [0.15, 0.2) is 0 Å². The second-order valence-corrected chi connectivity index (χ2v) is 8.47. The normalized spacial score (nSPS) is 12.3. The highest BCUT2D eigenvalue weighted by molar-refractivity contribution is 5.69. The molecule has 0 fully saturated rings. The molecule has 0 saturated heterocycles. The minimum atomic E-state index is 0.0343. The lowest BCUT2D eigenvalue weighted by atomic mass is 9.95. The van der Waals surface area contributed by atoms with Gasteiger partial charge in [0, 0.05) is 6.42 Å². The van der Waals surface area contributed by atoms with Gasteiger partial charge in [-0.3, -0.25) is 4.79 Å². The van der Waals surface area contributed by atoms with Crippen molar-refractivity contribution in [3.8, 4) is 0 Å². The molecule has 0 amide bonds. The molecule has 162 valence electrons. The SMILES string of the molecule is CCCCCCCCC(=O)OCC(CCCCCC)CCCCCCCC. The first kappa shape index (κ1) is 26.5. The number of hydrogen-bond donors (Lipinski definition) is 0. The summed E-state index contributed by atoms with van der Waals surface area (Å²) in [6.45, 7) is 7.43. The molecule has 0 radical (unpaired) electrons. The molecule has 2 heteroatoms. The standard InChI is InChI=1S/C25H50O2/c1-4-7-10-13-15-18-21-24(20-17-12-9-6-3)23-27-25(26)22-19-16-14-11-8-5-2/h24H,4-23H2,1-3H3. The summed E-state index contributed by atoms with van der Waals surface area (Å²) in [5.74, 6) is 0.619. The zero-order chi connectivity index (χ0) is 20.0. The smallest absolute Gasteiger partial charge is 0.305 e. The summed E-state index contributed by atoms with van der Waals surface area (Å²) < 4.78 is 5.65. The minimum Gasteiger partial charge on any atom is -0.465 e. The molecule has 0 aromatic carbocycles. The third-order valence-corrected chi connectivity index (χ3v) is 5.65. The maximum absolute atomic E-state index is 12.0. The number of rotatable bonds is 21. The van der Waals surface area contributed by atoms with E-state index in [1.54, 1.807) is 0 Å². The fourth-order valence-electron chi connectivity index (χ4n) is 3.72. The number of hydrogen-bond acceptors (Lipinski definition) is 2. The third kappa shape index (κ3) is 20.0. The van der Waals surface area contributed by atoms with Gasteiger partial charge in [0.1, 0.15) is 0 Å². The molecule has 1 atom stereocenters. The second-order valence-electron chi connectivity index (χ2n) is 8.47. The van der Waals surface area contributed by atoms with Crippen LogP contribution < -0.4 is 0 Å². The van der Waals surface area contributed by atoms with E-state index in [9.17, 15) is 4.79 Å². The van der Waals surface area contributed by atoms with Crippen LogP contribution >= 0.6 is 0 Å². The lowest BCUT2D eigenvalue weighted by molar-refractivity contribution is -0.145. The molecular formula is C25H50O2. The highest BCUT2D eigenvalue weighted by Crippen LogP contribution is 2.20. The molecule has 0 aliphatic rings. The molecule has 0 bridgehead atoms. The lowest BCUT2D eigenvalue weighted by Crippen LogP contribution is -2.14. The van der Waals surface area contributed by atoms with Crippen LogP contribution in [0.3, 0.4) is 0 Å². The Balaban J connectivity index is 3.89. The van der Waals surface area contributed by atoms with Crippen LogP contribution in [0, 0.1) is 5.92 Å². The van der Waals surface area contributed by atoms with Crippen LogP contribution in [0.15, 0.2) is 0 Å². The Morgan fingerprint density at radius 2 is 1.00 bits per heavy atom. The molecule has 0 aliphatic heterocycles. The number of ether oxygens (including phenoxy) is 1. The predicted octanol–water partition coefficient (Wildman–Crippen LogP) is 8.62. The van der Waals surface area contributed by atoms with Gasteiger partial charge in [0.05, 0.1) is 6.61 Å². The summed E-state index contributed by atoms with van der Waals surface area (Å²) >= 11 is 0. The van der Waals surface area contributed by atoms with E-state index in [0.29, 0.717) is 18.9 Å². The molecule has 1 unspecified atom stereocenters. The molecule has 0 aliphatic carbocycles. The fraction of sp³-hybridized carbons (Fsp3) is 0.960. The first-order valence-corrected chi connectivity index (χ1v) is 12.4. The Morgan fingerprint density at radius 3 is 1.52 bits per heavy atom. The molecule has 0 N–H and O–H groups in total. The fourth-order valence-corrected chi connectivity index (χ4v) is 3.72. The maximum Gasteiger partial charge on any atom is 0.305 e. The van der Waals surface area contributed by atoms with Gasteiger partial charge < -0.3 is 4.74 Å². The van der Waals surface area contributed by atoms with Gasteiger partial charge in [-0.05, 0) is 25.2 Å². The van der Waals surface area contributed by atoms with Gasteiger partial charge >= 0.3 is 5.97 Å². The van der Waals surface area contributed by atoms with Gasteiger partial charge in [0.25, 0.3) is 0 Å². The molecule has 0 heterocycles. The van der Waals surface area contributed by atoms with Crippen molar-refractivity contribution >= 4 is 5.97 Å². The van der Waals surface area contributed by atoms with Crippen molar-refractivity contribution in [2.75, 3.05) is 6.61 Å². The Bertz CT molecular complexity index is 301. The van der Waals surface area contributed by atoms with Crippen molar-refractivity contribution in [3.63, 3.8) is 0 Å². The van der Waals surface area contributed by atoms with Crippen molar-refractivity contribution in [3.05, 3.63) is 0 Å². The van der Waals surface area contributed by atoms with Crippen molar-refractivity contribution < 1.29 is 9.53 Å². The van der Waals surface area contributed by atoms with Crippen LogP contribution in [0.25, 0.3) is 0 Å². The molecule has 0 aromatic rings. The van der Waals surface area contributed by atoms with Crippen LogP contribution in [0.2, 0.25) is 0 Å². The van der Waals surface area contributed by atoms with Crippen LogP contribution in [0.1, 0.15) is 143 Å². The molecule has 0 aromatic heterocycles. The van der Waals surface area contributed by atoms with Crippen molar-refractivity contribution in [1.82, 2.24) is 0 Å². The van der Waals surface area contributed by atoms with E-state index < -0.39 is 0 Å². The first-order valence-electron chi connectivity index (χ1n) is 12.4. The monoisotopic (exact) mass is 382 g/mol. The second kappa shape index (κ2) is 21.8. The van der Waals surface area contributed by atoms with E-state index in [1.807, 2.05) is 0 Å². The summed E-state index contributed by atoms with van der Waals surface area (Å²) in [4.78, 5) is 12.0. The summed E-state index contributed by atoms with van der Waals surface area (Å²) in [6.07, 6.45) is 23.8. The van der Waals surface area contributed by atoms with E-state index in [4.69, 9.17) is 4.74 Å². The van der Waals surface area contributed by atoms with Crippen molar-refractivity contribution in [2.24, 2.45) is 5.92 Å². The van der Waals surface area contributed by atoms with Crippen LogP contribution in [0.5, 0.6) is 0 Å². The molecule has 0 spiro atoms. The van der Waals surface area contributed by atoms with Crippen LogP contribution in [-0.2, 0) is 9.53 Å². The third-order valence-electron chi connectivity index (χ3n) is 5.65. The summed E-state index contributed by atoms with van der Waals surface area (Å²) in [5.41, 5.74) is 0. The highest BCUT2D eigenvalue weighted by Gasteiger charge is 2.12.